The normalized spacial score (nSPS) is 27.9. The Labute approximate surface area is 89.2 Å². The Morgan fingerprint density at radius 3 is 3.13 bits per heavy atom. The van der Waals surface area contributed by atoms with E-state index in [2.05, 4.69) is 15.9 Å². The minimum atomic E-state index is -0.108. The van der Waals surface area contributed by atoms with Crippen LogP contribution in [0.5, 0.6) is 0 Å². The molecule has 2 heterocycles. The van der Waals surface area contributed by atoms with Crippen LogP contribution in [0.3, 0.4) is 0 Å². The Bertz CT molecular complexity index is 287. The van der Waals surface area contributed by atoms with Crippen LogP contribution < -0.4 is 0 Å². The molecule has 0 N–H and O–H groups in total. The zero-order valence-electron chi connectivity index (χ0n) is 8.69. The second-order valence-corrected chi connectivity index (χ2v) is 3.93. The van der Waals surface area contributed by atoms with Crippen molar-refractivity contribution in [1.82, 2.24) is 9.80 Å². The molecule has 2 aliphatic rings. The summed E-state index contributed by atoms with van der Waals surface area (Å²) in [6.45, 7) is 4.70. The standard InChI is InChI=1S/C10H15N3O2/c11-2-1-3-12-4-5-13-6-7-15-10(14)9(13)8-12/h9H,1,3-8H2. The number of morpholine rings is 1. The molecule has 0 bridgehead atoms. The van der Waals surface area contributed by atoms with Gasteiger partial charge in [0, 0.05) is 39.1 Å². The van der Waals surface area contributed by atoms with Crippen LogP contribution in [-0.4, -0.2) is 61.1 Å². The molecule has 1 atom stereocenters. The highest BCUT2D eigenvalue weighted by Gasteiger charge is 2.35. The molecule has 82 valence electrons. The van der Waals surface area contributed by atoms with E-state index in [9.17, 15) is 4.79 Å². The predicted molar refractivity (Wildman–Crippen MR) is 53.0 cm³/mol. The molecule has 1 unspecified atom stereocenters. The Morgan fingerprint density at radius 2 is 2.33 bits per heavy atom. The molecule has 0 saturated carbocycles. The summed E-state index contributed by atoms with van der Waals surface area (Å²) < 4.78 is 5.03. The fraction of sp³-hybridized carbons (Fsp3) is 0.800. The topological polar surface area (TPSA) is 56.6 Å². The maximum Gasteiger partial charge on any atom is 0.324 e. The zero-order valence-corrected chi connectivity index (χ0v) is 8.69. The summed E-state index contributed by atoms with van der Waals surface area (Å²) in [5, 5.41) is 8.50. The molecule has 0 aromatic rings. The molecule has 0 aliphatic carbocycles. The van der Waals surface area contributed by atoms with E-state index in [0.29, 0.717) is 19.6 Å². The van der Waals surface area contributed by atoms with Crippen molar-refractivity contribution < 1.29 is 9.53 Å². The molecule has 2 fully saturated rings. The molecule has 2 rings (SSSR count). The highest BCUT2D eigenvalue weighted by molar-refractivity contribution is 5.76. The maximum absolute atomic E-state index is 11.5. The molecule has 0 radical (unpaired) electrons. The van der Waals surface area contributed by atoms with E-state index in [1.165, 1.54) is 0 Å². The van der Waals surface area contributed by atoms with Crippen molar-refractivity contribution in [3.05, 3.63) is 0 Å². The lowest BCUT2D eigenvalue weighted by atomic mass is 10.1. The number of fused-ring (bicyclic) bond motifs is 1. The van der Waals surface area contributed by atoms with Crippen LogP contribution in [0.4, 0.5) is 0 Å². The monoisotopic (exact) mass is 209 g/mol. The van der Waals surface area contributed by atoms with E-state index in [-0.39, 0.29) is 12.0 Å². The fourth-order valence-corrected chi connectivity index (χ4v) is 2.14. The highest BCUT2D eigenvalue weighted by atomic mass is 16.5. The van der Waals surface area contributed by atoms with Gasteiger partial charge in [0.05, 0.1) is 6.07 Å². The van der Waals surface area contributed by atoms with Gasteiger partial charge in [-0.05, 0) is 0 Å². The molecule has 2 saturated heterocycles. The first-order valence-electron chi connectivity index (χ1n) is 5.31. The van der Waals surface area contributed by atoms with Crippen LogP contribution in [0.2, 0.25) is 0 Å². The highest BCUT2D eigenvalue weighted by Crippen LogP contribution is 2.14. The maximum atomic E-state index is 11.5. The van der Waals surface area contributed by atoms with Crippen molar-refractivity contribution in [2.75, 3.05) is 39.3 Å². The average molecular weight is 209 g/mol. The third kappa shape index (κ3) is 2.28. The molecule has 0 aromatic heterocycles. The van der Waals surface area contributed by atoms with Crippen molar-refractivity contribution in [3.63, 3.8) is 0 Å². The van der Waals surface area contributed by atoms with Crippen molar-refractivity contribution >= 4 is 5.97 Å². The van der Waals surface area contributed by atoms with Crippen LogP contribution in [0.15, 0.2) is 0 Å². The first kappa shape index (κ1) is 10.4. The van der Waals surface area contributed by atoms with Crippen LogP contribution in [0.1, 0.15) is 6.42 Å². The molecule has 5 heteroatoms. The van der Waals surface area contributed by atoms with Crippen molar-refractivity contribution in [1.29, 1.82) is 5.26 Å². The van der Waals surface area contributed by atoms with Gasteiger partial charge in [0.1, 0.15) is 12.6 Å². The number of ether oxygens (including phenoxy) is 1. The Balaban J connectivity index is 1.91. The van der Waals surface area contributed by atoms with E-state index in [0.717, 1.165) is 26.2 Å². The first-order chi connectivity index (χ1) is 7.31. The Hall–Kier alpha value is -1.12. The van der Waals surface area contributed by atoms with E-state index >= 15 is 0 Å². The van der Waals surface area contributed by atoms with E-state index < -0.39 is 0 Å². The summed E-state index contributed by atoms with van der Waals surface area (Å²) in [5.41, 5.74) is 0. The van der Waals surface area contributed by atoms with Gasteiger partial charge >= 0.3 is 5.97 Å². The number of hydrogen-bond acceptors (Lipinski definition) is 5. The summed E-state index contributed by atoms with van der Waals surface area (Å²) in [6, 6.07) is 2.02. The van der Waals surface area contributed by atoms with Gasteiger partial charge < -0.3 is 4.74 Å². The quantitative estimate of drug-likeness (QED) is 0.571. The lowest BCUT2D eigenvalue weighted by molar-refractivity contribution is -0.161. The minimum absolute atomic E-state index is 0.105. The minimum Gasteiger partial charge on any atom is -0.463 e. The van der Waals surface area contributed by atoms with Crippen molar-refractivity contribution in [3.8, 4) is 6.07 Å². The number of nitriles is 1. The number of rotatable bonds is 2. The number of esters is 1. The van der Waals surface area contributed by atoms with Crippen LogP contribution in [0, 0.1) is 11.3 Å². The molecule has 0 aromatic carbocycles. The van der Waals surface area contributed by atoms with Gasteiger partial charge in [-0.3, -0.25) is 14.6 Å². The van der Waals surface area contributed by atoms with E-state index in [1.807, 2.05) is 0 Å². The van der Waals surface area contributed by atoms with Gasteiger partial charge in [0.15, 0.2) is 0 Å². The average Bonchev–Trinajstić information content (AvgIpc) is 2.27. The van der Waals surface area contributed by atoms with Gasteiger partial charge in [-0.25, -0.2) is 0 Å². The first-order valence-corrected chi connectivity index (χ1v) is 5.31. The number of nitrogens with zero attached hydrogens (tertiary/aromatic N) is 3. The summed E-state index contributed by atoms with van der Waals surface area (Å²) in [5.74, 6) is -0.108. The third-order valence-corrected chi connectivity index (χ3v) is 3.01. The van der Waals surface area contributed by atoms with Gasteiger partial charge in [-0.1, -0.05) is 0 Å². The smallest absolute Gasteiger partial charge is 0.324 e. The largest absolute Gasteiger partial charge is 0.463 e. The van der Waals surface area contributed by atoms with Gasteiger partial charge in [0.25, 0.3) is 0 Å². The molecule has 15 heavy (non-hydrogen) atoms. The Morgan fingerprint density at radius 1 is 1.47 bits per heavy atom. The molecule has 0 spiro atoms. The number of cyclic esters (lactones) is 1. The second-order valence-electron chi connectivity index (χ2n) is 3.93. The number of hydrogen-bond donors (Lipinski definition) is 0. The lowest BCUT2D eigenvalue weighted by Gasteiger charge is -2.42. The van der Waals surface area contributed by atoms with E-state index in [1.54, 1.807) is 0 Å². The molecular formula is C10H15N3O2. The molecule has 2 aliphatic heterocycles. The van der Waals surface area contributed by atoms with Gasteiger partial charge in [0.2, 0.25) is 0 Å². The third-order valence-electron chi connectivity index (χ3n) is 3.01. The summed E-state index contributed by atoms with van der Waals surface area (Å²) in [7, 11) is 0. The van der Waals surface area contributed by atoms with Crippen molar-refractivity contribution in [2.24, 2.45) is 0 Å². The number of carbonyl (C=O) groups is 1. The number of piperazine rings is 1. The van der Waals surface area contributed by atoms with Gasteiger partial charge in [-0.2, -0.15) is 5.26 Å². The number of carbonyl (C=O) groups excluding carboxylic acids is 1. The lowest BCUT2D eigenvalue weighted by Crippen LogP contribution is -2.60. The molecule has 5 nitrogen and oxygen atoms in total. The van der Waals surface area contributed by atoms with Crippen LogP contribution in [0.25, 0.3) is 0 Å². The predicted octanol–water partition coefficient (Wildman–Crippen LogP) is -0.557. The summed E-state index contributed by atoms with van der Waals surface area (Å²) >= 11 is 0. The molecular weight excluding hydrogens is 194 g/mol. The van der Waals surface area contributed by atoms with Crippen molar-refractivity contribution in [2.45, 2.75) is 12.5 Å². The fourth-order valence-electron chi connectivity index (χ4n) is 2.14. The van der Waals surface area contributed by atoms with Gasteiger partial charge in [-0.15, -0.1) is 0 Å². The van der Waals surface area contributed by atoms with E-state index in [4.69, 9.17) is 10.00 Å². The summed E-state index contributed by atoms with van der Waals surface area (Å²) in [4.78, 5) is 15.8. The SMILES string of the molecule is N#CCCN1CCN2CCOC(=O)C2C1. The van der Waals surface area contributed by atoms with Crippen LogP contribution in [-0.2, 0) is 9.53 Å². The molecule has 0 amide bonds. The zero-order chi connectivity index (χ0) is 10.7. The summed E-state index contributed by atoms with van der Waals surface area (Å²) in [6.07, 6.45) is 0.530. The Kier molecular flexibility index (Phi) is 3.19. The van der Waals surface area contributed by atoms with Crippen LogP contribution >= 0.6 is 0 Å². The second kappa shape index (κ2) is 4.60.